The smallest absolute Gasteiger partial charge is 0.264 e. The Morgan fingerprint density at radius 2 is 1.63 bits per heavy atom. The molecule has 0 aliphatic heterocycles. The number of nitrogens with one attached hydrogen (secondary N) is 1. The van der Waals surface area contributed by atoms with Crippen molar-refractivity contribution in [2.45, 2.75) is 51.6 Å². The molecule has 1 atom stereocenters. The van der Waals surface area contributed by atoms with Crippen molar-refractivity contribution in [1.82, 2.24) is 10.2 Å². The predicted octanol–water partition coefficient (Wildman–Crippen LogP) is 5.84. The Bertz CT molecular complexity index is 1450. The normalized spacial score (nSPS) is 12.0. The lowest BCUT2D eigenvalue weighted by molar-refractivity contribution is -0.139. The van der Waals surface area contributed by atoms with Crippen molar-refractivity contribution < 1.29 is 22.7 Å². The molecule has 3 aromatic rings. The molecule has 0 saturated carbocycles. The Balaban J connectivity index is 2.02. The molecule has 0 unspecified atom stereocenters. The summed E-state index contributed by atoms with van der Waals surface area (Å²) in [5, 5.41) is 3.56. The fraction of sp³-hybridized carbons (Fsp3) is 0.333. The first-order valence-electron chi connectivity index (χ1n) is 13.3. The molecule has 3 rings (SSSR count). The quantitative estimate of drug-likeness (QED) is 0.259. The van der Waals surface area contributed by atoms with E-state index < -0.39 is 28.5 Å². The summed E-state index contributed by atoms with van der Waals surface area (Å²) >= 11 is 12.5. The number of hydrogen-bond acceptors (Lipinski definition) is 5. The lowest BCUT2D eigenvalue weighted by Gasteiger charge is -2.32. The Morgan fingerprint density at radius 1 is 0.976 bits per heavy atom. The van der Waals surface area contributed by atoms with E-state index in [1.807, 2.05) is 20.8 Å². The van der Waals surface area contributed by atoms with E-state index in [0.717, 1.165) is 16.3 Å². The molecule has 0 aliphatic carbocycles. The number of ether oxygens (including phenoxy) is 1. The van der Waals surface area contributed by atoms with Crippen LogP contribution in [0.2, 0.25) is 10.0 Å². The van der Waals surface area contributed by atoms with Crippen LogP contribution in [0.3, 0.4) is 0 Å². The van der Waals surface area contributed by atoms with E-state index in [4.69, 9.17) is 27.9 Å². The number of benzene rings is 3. The standard InChI is InChI=1S/C30H35Cl2N3O5S/c1-5-17-33-30(37)22(4)34(19-23-9-10-24(31)18-28(23)32)29(36)20-35(25-11-7-21(3)8-12-25)41(38,39)27-15-13-26(14-16-27)40-6-2/h7-16,18,22H,5-6,17,19-20H2,1-4H3,(H,33,37)/t22-/m1/s1. The molecule has 0 aromatic heterocycles. The van der Waals surface area contributed by atoms with E-state index in [2.05, 4.69) is 5.32 Å². The molecule has 1 N–H and O–H groups in total. The van der Waals surface area contributed by atoms with Crippen LogP contribution in [0.5, 0.6) is 5.75 Å². The molecule has 11 heteroatoms. The van der Waals surface area contributed by atoms with E-state index in [1.165, 1.54) is 17.0 Å². The minimum Gasteiger partial charge on any atom is -0.494 e. The largest absolute Gasteiger partial charge is 0.494 e. The van der Waals surface area contributed by atoms with Crippen LogP contribution in [0.4, 0.5) is 5.69 Å². The van der Waals surface area contributed by atoms with Crippen molar-refractivity contribution in [2.24, 2.45) is 0 Å². The maximum absolute atomic E-state index is 14.0. The zero-order chi connectivity index (χ0) is 30.2. The second-order valence-corrected chi connectivity index (χ2v) is 12.2. The van der Waals surface area contributed by atoms with Gasteiger partial charge in [-0.1, -0.05) is 53.9 Å². The van der Waals surface area contributed by atoms with Gasteiger partial charge in [-0.2, -0.15) is 0 Å². The molecule has 0 aliphatic rings. The Labute approximate surface area is 252 Å². The molecule has 0 radical (unpaired) electrons. The number of hydrogen-bond donors (Lipinski definition) is 1. The number of sulfonamides is 1. The molecule has 0 saturated heterocycles. The van der Waals surface area contributed by atoms with Crippen molar-refractivity contribution in [1.29, 1.82) is 0 Å². The van der Waals surface area contributed by atoms with Gasteiger partial charge in [0, 0.05) is 23.1 Å². The Kier molecular flexibility index (Phi) is 11.5. The summed E-state index contributed by atoms with van der Waals surface area (Å²) in [4.78, 5) is 28.3. The van der Waals surface area contributed by atoms with E-state index >= 15 is 0 Å². The van der Waals surface area contributed by atoms with Gasteiger partial charge in [0.2, 0.25) is 11.8 Å². The summed E-state index contributed by atoms with van der Waals surface area (Å²) in [6.45, 7) is 7.55. The molecule has 41 heavy (non-hydrogen) atoms. The first-order valence-corrected chi connectivity index (χ1v) is 15.5. The van der Waals surface area contributed by atoms with Gasteiger partial charge in [0.1, 0.15) is 18.3 Å². The average Bonchev–Trinajstić information content (AvgIpc) is 2.94. The summed E-state index contributed by atoms with van der Waals surface area (Å²) in [6, 6.07) is 16.8. The number of nitrogens with zero attached hydrogens (tertiary/aromatic N) is 2. The van der Waals surface area contributed by atoms with Gasteiger partial charge in [-0.15, -0.1) is 0 Å². The van der Waals surface area contributed by atoms with Gasteiger partial charge in [0.25, 0.3) is 10.0 Å². The van der Waals surface area contributed by atoms with E-state index in [9.17, 15) is 18.0 Å². The topological polar surface area (TPSA) is 96.0 Å². The van der Waals surface area contributed by atoms with Crippen LogP contribution in [0.15, 0.2) is 71.6 Å². The summed E-state index contributed by atoms with van der Waals surface area (Å²) in [6.07, 6.45) is 0.719. The van der Waals surface area contributed by atoms with Crippen molar-refractivity contribution >= 4 is 50.7 Å². The molecule has 8 nitrogen and oxygen atoms in total. The molecular weight excluding hydrogens is 585 g/mol. The van der Waals surface area contributed by atoms with E-state index in [1.54, 1.807) is 61.5 Å². The van der Waals surface area contributed by atoms with Crippen molar-refractivity contribution in [3.8, 4) is 5.75 Å². The van der Waals surface area contributed by atoms with Crippen LogP contribution < -0.4 is 14.4 Å². The van der Waals surface area contributed by atoms with Crippen LogP contribution in [-0.2, 0) is 26.2 Å². The fourth-order valence-corrected chi connectivity index (χ4v) is 5.94. The first kappa shape index (κ1) is 32.2. The second-order valence-electron chi connectivity index (χ2n) is 9.48. The molecule has 220 valence electrons. The Hall–Kier alpha value is -3.27. The van der Waals surface area contributed by atoms with Crippen LogP contribution in [0.25, 0.3) is 0 Å². The lowest BCUT2D eigenvalue weighted by Crippen LogP contribution is -2.51. The van der Waals surface area contributed by atoms with Gasteiger partial charge in [-0.3, -0.25) is 13.9 Å². The second kappa shape index (κ2) is 14.6. The van der Waals surface area contributed by atoms with Crippen LogP contribution in [-0.4, -0.2) is 50.9 Å². The number of carbonyl (C=O) groups excluding carboxylic acids is 2. The molecule has 0 fully saturated rings. The predicted molar refractivity (Wildman–Crippen MR) is 163 cm³/mol. The zero-order valence-corrected chi connectivity index (χ0v) is 25.9. The van der Waals surface area contributed by atoms with Gasteiger partial charge in [-0.25, -0.2) is 8.42 Å². The molecule has 0 spiro atoms. The van der Waals surface area contributed by atoms with Crippen LogP contribution in [0, 0.1) is 6.92 Å². The highest BCUT2D eigenvalue weighted by Gasteiger charge is 2.32. The third-order valence-electron chi connectivity index (χ3n) is 6.40. The van der Waals surface area contributed by atoms with Crippen LogP contribution >= 0.6 is 23.2 Å². The highest BCUT2D eigenvalue weighted by atomic mass is 35.5. The maximum Gasteiger partial charge on any atom is 0.264 e. The van der Waals surface area contributed by atoms with Crippen molar-refractivity contribution in [2.75, 3.05) is 24.0 Å². The number of anilines is 1. The van der Waals surface area contributed by atoms with Gasteiger partial charge in [0.15, 0.2) is 0 Å². The first-order chi connectivity index (χ1) is 19.5. The van der Waals surface area contributed by atoms with Gasteiger partial charge < -0.3 is 15.0 Å². The van der Waals surface area contributed by atoms with Crippen molar-refractivity contribution in [3.63, 3.8) is 0 Å². The average molecular weight is 621 g/mol. The lowest BCUT2D eigenvalue weighted by atomic mass is 10.1. The summed E-state index contributed by atoms with van der Waals surface area (Å²) in [7, 11) is -4.19. The summed E-state index contributed by atoms with van der Waals surface area (Å²) in [5.41, 5.74) is 1.81. The number of halogens is 2. The van der Waals surface area contributed by atoms with Gasteiger partial charge >= 0.3 is 0 Å². The highest BCUT2D eigenvalue weighted by Crippen LogP contribution is 2.27. The van der Waals surface area contributed by atoms with Gasteiger partial charge in [0.05, 0.1) is 17.2 Å². The van der Waals surface area contributed by atoms with E-state index in [0.29, 0.717) is 40.2 Å². The molecule has 0 bridgehead atoms. The molecular formula is C30H35Cl2N3O5S. The Morgan fingerprint density at radius 3 is 2.22 bits per heavy atom. The third-order valence-corrected chi connectivity index (χ3v) is 8.77. The SMILES string of the molecule is CCCNC(=O)[C@@H](C)N(Cc1ccc(Cl)cc1Cl)C(=O)CN(c1ccc(C)cc1)S(=O)(=O)c1ccc(OCC)cc1. The summed E-state index contributed by atoms with van der Waals surface area (Å²) in [5.74, 6) is -0.408. The van der Waals surface area contributed by atoms with Gasteiger partial charge in [-0.05, 0) is 81.3 Å². The number of aryl methyl sites for hydroxylation is 1. The monoisotopic (exact) mass is 619 g/mol. The molecule has 3 aromatic carbocycles. The minimum absolute atomic E-state index is 0.00430. The molecule has 0 heterocycles. The fourth-order valence-electron chi connectivity index (χ4n) is 4.05. The number of carbonyl (C=O) groups is 2. The number of amides is 2. The zero-order valence-electron chi connectivity index (χ0n) is 23.6. The third kappa shape index (κ3) is 8.38. The minimum atomic E-state index is -4.19. The maximum atomic E-state index is 14.0. The number of rotatable bonds is 13. The molecule has 2 amide bonds. The van der Waals surface area contributed by atoms with E-state index in [-0.39, 0.29) is 17.3 Å². The highest BCUT2D eigenvalue weighted by molar-refractivity contribution is 7.92. The van der Waals surface area contributed by atoms with Crippen LogP contribution in [0.1, 0.15) is 38.3 Å². The summed E-state index contributed by atoms with van der Waals surface area (Å²) < 4.78 is 34.4. The van der Waals surface area contributed by atoms with Crippen molar-refractivity contribution in [3.05, 3.63) is 87.9 Å².